The molecule has 24 heavy (non-hydrogen) atoms. The summed E-state index contributed by atoms with van der Waals surface area (Å²) in [6.07, 6.45) is 3.27. The van der Waals surface area contributed by atoms with E-state index in [9.17, 15) is 14.0 Å². The number of nitrogens with one attached hydrogen (secondary N) is 1. The third-order valence-corrected chi connectivity index (χ3v) is 4.12. The molecule has 4 nitrogen and oxygen atoms in total. The zero-order valence-corrected chi connectivity index (χ0v) is 13.3. The number of carbonyl (C=O) groups is 2. The molecule has 1 aliphatic heterocycles. The number of hydrogen-bond donors (Lipinski definition) is 1. The maximum Gasteiger partial charge on any atom is 0.255 e. The molecule has 5 heteroatoms. The molecule has 0 saturated carbocycles. The van der Waals surface area contributed by atoms with Crippen molar-refractivity contribution in [2.45, 2.75) is 19.3 Å². The van der Waals surface area contributed by atoms with Crippen LogP contribution in [0.2, 0.25) is 0 Å². The molecule has 1 saturated heterocycles. The number of anilines is 1. The Kier molecular flexibility index (Phi) is 4.89. The van der Waals surface area contributed by atoms with E-state index in [-0.39, 0.29) is 17.4 Å². The lowest BCUT2D eigenvalue weighted by molar-refractivity contribution is 0.0724. The first-order chi connectivity index (χ1) is 11.6. The van der Waals surface area contributed by atoms with Crippen molar-refractivity contribution in [1.82, 2.24) is 4.90 Å². The van der Waals surface area contributed by atoms with Crippen LogP contribution in [0.4, 0.5) is 10.1 Å². The molecule has 2 amide bonds. The summed E-state index contributed by atoms with van der Waals surface area (Å²) in [6.45, 7) is 1.60. The average Bonchev–Trinajstić information content (AvgIpc) is 2.62. The first kappa shape index (κ1) is 16.2. The van der Waals surface area contributed by atoms with Gasteiger partial charge in [0.1, 0.15) is 5.82 Å². The number of carbonyl (C=O) groups excluding carboxylic acids is 2. The van der Waals surface area contributed by atoms with Crippen molar-refractivity contribution in [2.75, 3.05) is 18.4 Å². The van der Waals surface area contributed by atoms with Gasteiger partial charge < -0.3 is 10.2 Å². The van der Waals surface area contributed by atoms with Crippen LogP contribution in [0.1, 0.15) is 40.0 Å². The van der Waals surface area contributed by atoms with Crippen molar-refractivity contribution >= 4 is 17.5 Å². The van der Waals surface area contributed by atoms with E-state index in [1.54, 1.807) is 30.3 Å². The van der Waals surface area contributed by atoms with Gasteiger partial charge in [-0.05, 0) is 61.7 Å². The Bertz CT molecular complexity index is 737. The summed E-state index contributed by atoms with van der Waals surface area (Å²) in [7, 11) is 0. The van der Waals surface area contributed by atoms with Crippen LogP contribution in [0.5, 0.6) is 0 Å². The highest BCUT2D eigenvalue weighted by molar-refractivity contribution is 6.04. The van der Waals surface area contributed by atoms with Crippen molar-refractivity contribution in [2.24, 2.45) is 0 Å². The van der Waals surface area contributed by atoms with Gasteiger partial charge in [0, 0.05) is 29.9 Å². The molecule has 2 aromatic carbocycles. The summed E-state index contributed by atoms with van der Waals surface area (Å²) in [6, 6.07) is 12.3. The Balaban J connectivity index is 1.66. The van der Waals surface area contributed by atoms with Crippen LogP contribution in [0.3, 0.4) is 0 Å². The summed E-state index contributed by atoms with van der Waals surface area (Å²) in [5.41, 5.74) is 1.43. The lowest BCUT2D eigenvalue weighted by atomic mass is 10.1. The molecule has 1 heterocycles. The largest absolute Gasteiger partial charge is 0.339 e. The van der Waals surface area contributed by atoms with Gasteiger partial charge in [-0.25, -0.2) is 4.39 Å². The van der Waals surface area contributed by atoms with Crippen molar-refractivity contribution < 1.29 is 14.0 Å². The zero-order chi connectivity index (χ0) is 16.9. The smallest absolute Gasteiger partial charge is 0.255 e. The quantitative estimate of drug-likeness (QED) is 0.935. The lowest BCUT2D eigenvalue weighted by Crippen LogP contribution is -2.35. The molecule has 1 aliphatic rings. The van der Waals surface area contributed by atoms with Gasteiger partial charge in [-0.2, -0.15) is 0 Å². The summed E-state index contributed by atoms with van der Waals surface area (Å²) in [5.74, 6) is -0.813. The van der Waals surface area contributed by atoms with Crippen LogP contribution in [-0.2, 0) is 0 Å². The van der Waals surface area contributed by atoms with E-state index in [4.69, 9.17) is 0 Å². The molecule has 0 aliphatic carbocycles. The third kappa shape index (κ3) is 3.79. The van der Waals surface area contributed by atoms with Crippen LogP contribution in [0.15, 0.2) is 48.5 Å². The number of amides is 2. The summed E-state index contributed by atoms with van der Waals surface area (Å²) in [5, 5.41) is 2.70. The van der Waals surface area contributed by atoms with Crippen molar-refractivity contribution in [1.29, 1.82) is 0 Å². The van der Waals surface area contributed by atoms with Gasteiger partial charge in [-0.1, -0.05) is 6.07 Å². The van der Waals surface area contributed by atoms with Crippen molar-refractivity contribution in [3.05, 3.63) is 65.5 Å². The number of piperidine rings is 1. The van der Waals surface area contributed by atoms with Gasteiger partial charge in [0.2, 0.25) is 0 Å². The second kappa shape index (κ2) is 7.25. The topological polar surface area (TPSA) is 49.4 Å². The molecule has 0 bridgehead atoms. The predicted octanol–water partition coefficient (Wildman–Crippen LogP) is 3.70. The number of benzene rings is 2. The van der Waals surface area contributed by atoms with E-state index in [0.29, 0.717) is 11.3 Å². The van der Waals surface area contributed by atoms with E-state index >= 15 is 0 Å². The van der Waals surface area contributed by atoms with Crippen LogP contribution >= 0.6 is 0 Å². The minimum atomic E-state index is -0.454. The maximum atomic E-state index is 13.2. The fourth-order valence-electron chi connectivity index (χ4n) is 2.81. The maximum absolute atomic E-state index is 13.2. The van der Waals surface area contributed by atoms with E-state index < -0.39 is 5.82 Å². The standard InChI is InChI=1S/C19H19FN2O2/c20-16-6-4-5-15(13-16)18(23)21-17-9-7-14(8-10-17)19(24)22-11-2-1-3-12-22/h4-10,13H,1-3,11-12H2,(H,21,23). The number of likely N-dealkylation sites (tertiary alicyclic amines) is 1. The molecule has 0 unspecified atom stereocenters. The fraction of sp³-hybridized carbons (Fsp3) is 0.263. The fourth-order valence-corrected chi connectivity index (χ4v) is 2.81. The minimum absolute atomic E-state index is 0.0257. The summed E-state index contributed by atoms with van der Waals surface area (Å²) in [4.78, 5) is 26.3. The molecule has 1 N–H and O–H groups in total. The number of nitrogens with zero attached hydrogens (tertiary/aromatic N) is 1. The average molecular weight is 326 g/mol. The van der Waals surface area contributed by atoms with Gasteiger partial charge in [-0.3, -0.25) is 9.59 Å². The van der Waals surface area contributed by atoms with Crippen molar-refractivity contribution in [3.63, 3.8) is 0 Å². The Morgan fingerprint density at radius 1 is 0.917 bits per heavy atom. The highest BCUT2D eigenvalue weighted by Crippen LogP contribution is 2.16. The normalized spacial score (nSPS) is 14.3. The van der Waals surface area contributed by atoms with Gasteiger partial charge in [0.05, 0.1) is 0 Å². The first-order valence-corrected chi connectivity index (χ1v) is 8.10. The minimum Gasteiger partial charge on any atom is -0.339 e. The third-order valence-electron chi connectivity index (χ3n) is 4.12. The van der Waals surface area contributed by atoms with Crippen LogP contribution in [0, 0.1) is 5.82 Å². The van der Waals surface area contributed by atoms with E-state index in [2.05, 4.69) is 5.32 Å². The van der Waals surface area contributed by atoms with E-state index in [1.165, 1.54) is 24.6 Å². The first-order valence-electron chi connectivity index (χ1n) is 8.10. The molecular formula is C19H19FN2O2. The molecule has 0 spiro atoms. The molecule has 0 atom stereocenters. The summed E-state index contributed by atoms with van der Waals surface area (Å²) >= 11 is 0. The van der Waals surface area contributed by atoms with Crippen LogP contribution in [-0.4, -0.2) is 29.8 Å². The van der Waals surface area contributed by atoms with E-state index in [1.807, 2.05) is 4.90 Å². The number of rotatable bonds is 3. The molecular weight excluding hydrogens is 307 g/mol. The molecule has 0 aromatic heterocycles. The zero-order valence-electron chi connectivity index (χ0n) is 13.3. The Labute approximate surface area is 140 Å². The predicted molar refractivity (Wildman–Crippen MR) is 90.5 cm³/mol. The Morgan fingerprint density at radius 3 is 2.29 bits per heavy atom. The van der Waals surface area contributed by atoms with Gasteiger partial charge in [-0.15, -0.1) is 0 Å². The molecule has 1 fully saturated rings. The number of halogens is 1. The lowest BCUT2D eigenvalue weighted by Gasteiger charge is -2.26. The SMILES string of the molecule is O=C(Nc1ccc(C(=O)N2CCCCC2)cc1)c1cccc(F)c1. The highest BCUT2D eigenvalue weighted by Gasteiger charge is 2.18. The highest BCUT2D eigenvalue weighted by atomic mass is 19.1. The van der Waals surface area contributed by atoms with Crippen molar-refractivity contribution in [3.8, 4) is 0 Å². The molecule has 3 rings (SSSR count). The monoisotopic (exact) mass is 326 g/mol. The van der Waals surface area contributed by atoms with Gasteiger partial charge in [0.15, 0.2) is 0 Å². The van der Waals surface area contributed by atoms with Crippen LogP contribution < -0.4 is 5.32 Å². The second-order valence-corrected chi connectivity index (χ2v) is 5.89. The Hall–Kier alpha value is -2.69. The van der Waals surface area contributed by atoms with Gasteiger partial charge in [0.25, 0.3) is 11.8 Å². The molecule has 2 aromatic rings. The summed E-state index contributed by atoms with van der Waals surface area (Å²) < 4.78 is 13.2. The molecule has 0 radical (unpaired) electrons. The molecule has 124 valence electrons. The Morgan fingerprint density at radius 2 is 1.62 bits per heavy atom. The number of hydrogen-bond acceptors (Lipinski definition) is 2. The van der Waals surface area contributed by atoms with Crippen LogP contribution in [0.25, 0.3) is 0 Å². The second-order valence-electron chi connectivity index (χ2n) is 5.89. The van der Waals surface area contributed by atoms with E-state index in [0.717, 1.165) is 25.9 Å². The van der Waals surface area contributed by atoms with Gasteiger partial charge >= 0.3 is 0 Å².